The van der Waals surface area contributed by atoms with Gasteiger partial charge in [0.05, 0.1) is 12.2 Å². The zero-order chi connectivity index (χ0) is 10.4. The van der Waals surface area contributed by atoms with Crippen LogP contribution in [0.3, 0.4) is 0 Å². The van der Waals surface area contributed by atoms with E-state index in [4.69, 9.17) is 6.42 Å². The molecule has 1 heterocycles. The van der Waals surface area contributed by atoms with E-state index in [0.29, 0.717) is 25.3 Å². The van der Waals surface area contributed by atoms with Gasteiger partial charge in [-0.05, 0) is 0 Å². The van der Waals surface area contributed by atoms with Gasteiger partial charge in [0.1, 0.15) is 5.78 Å². The first-order valence-corrected chi connectivity index (χ1v) is 5.70. The van der Waals surface area contributed by atoms with Crippen LogP contribution in [0, 0.1) is 12.3 Å². The summed E-state index contributed by atoms with van der Waals surface area (Å²) in [4.78, 5) is 24.0. The molecule has 0 N–H and O–H groups in total. The maximum Gasteiger partial charge on any atom is 0.230 e. The molecule has 0 aromatic carbocycles. The van der Waals surface area contributed by atoms with Crippen LogP contribution in [0.25, 0.3) is 0 Å². The van der Waals surface area contributed by atoms with Gasteiger partial charge in [-0.3, -0.25) is 9.59 Å². The lowest BCUT2D eigenvalue weighted by atomic mass is 10.1. The summed E-state index contributed by atoms with van der Waals surface area (Å²) < 4.78 is 0. The molecule has 1 amide bonds. The van der Waals surface area contributed by atoms with E-state index in [1.807, 2.05) is 0 Å². The van der Waals surface area contributed by atoms with Crippen molar-refractivity contribution in [1.82, 2.24) is 4.90 Å². The summed E-state index contributed by atoms with van der Waals surface area (Å²) in [7, 11) is 0. The number of Topliss-reactive ketones (excluding diaryl/α,β-unsaturated/α-hetero) is 1. The Hall–Kier alpha value is -0.950. The standard InChI is InChI=1S/C10H13NO2S/c1-2-6-14-7-5-11-4-3-9(12)8-10(11)13/h1H,3-8H2. The summed E-state index contributed by atoms with van der Waals surface area (Å²) >= 11 is 1.63. The smallest absolute Gasteiger partial charge is 0.230 e. The number of hydrogen-bond donors (Lipinski definition) is 0. The van der Waals surface area contributed by atoms with Gasteiger partial charge in [-0.2, -0.15) is 0 Å². The van der Waals surface area contributed by atoms with Crippen LogP contribution in [-0.2, 0) is 9.59 Å². The number of rotatable bonds is 4. The summed E-state index contributed by atoms with van der Waals surface area (Å²) in [5.74, 6) is 4.08. The average Bonchev–Trinajstić information content (AvgIpc) is 2.15. The SMILES string of the molecule is C#CCSCCN1CCC(=O)CC1=O. The molecule has 1 rings (SSSR count). The Morgan fingerprint density at radius 2 is 2.29 bits per heavy atom. The molecule has 0 radical (unpaired) electrons. The number of nitrogens with zero attached hydrogens (tertiary/aromatic N) is 1. The first-order valence-electron chi connectivity index (χ1n) is 4.54. The van der Waals surface area contributed by atoms with Crippen molar-refractivity contribution in [3.63, 3.8) is 0 Å². The largest absolute Gasteiger partial charge is 0.341 e. The third-order valence-corrected chi connectivity index (χ3v) is 2.89. The number of thioether (sulfide) groups is 1. The van der Waals surface area contributed by atoms with Crippen molar-refractivity contribution >= 4 is 23.5 Å². The Bertz CT molecular complexity index is 270. The van der Waals surface area contributed by atoms with E-state index in [0.717, 1.165) is 5.75 Å². The third-order valence-electron chi connectivity index (χ3n) is 2.05. The van der Waals surface area contributed by atoms with Crippen molar-refractivity contribution in [3.8, 4) is 12.3 Å². The number of likely N-dealkylation sites (tertiary alicyclic amines) is 1. The molecule has 0 aromatic rings. The number of carbonyl (C=O) groups is 2. The molecular formula is C10H13NO2S. The molecule has 4 heteroatoms. The lowest BCUT2D eigenvalue weighted by molar-refractivity contribution is -0.139. The van der Waals surface area contributed by atoms with Crippen molar-refractivity contribution in [3.05, 3.63) is 0 Å². The highest BCUT2D eigenvalue weighted by molar-refractivity contribution is 7.99. The average molecular weight is 211 g/mol. The molecule has 0 unspecified atom stereocenters. The Balaban J connectivity index is 2.21. The first-order chi connectivity index (χ1) is 6.74. The number of carbonyl (C=O) groups excluding carboxylic acids is 2. The van der Waals surface area contributed by atoms with Gasteiger partial charge >= 0.3 is 0 Å². The topological polar surface area (TPSA) is 37.4 Å². The van der Waals surface area contributed by atoms with Crippen molar-refractivity contribution in [2.45, 2.75) is 12.8 Å². The molecule has 3 nitrogen and oxygen atoms in total. The zero-order valence-corrected chi connectivity index (χ0v) is 8.81. The molecule has 0 aromatic heterocycles. The van der Waals surface area contributed by atoms with E-state index in [9.17, 15) is 9.59 Å². The van der Waals surface area contributed by atoms with Gasteiger partial charge in [0.15, 0.2) is 0 Å². The van der Waals surface area contributed by atoms with E-state index < -0.39 is 0 Å². The molecule has 1 saturated heterocycles. The molecule has 1 aliphatic rings. The molecule has 0 aliphatic carbocycles. The minimum Gasteiger partial charge on any atom is -0.341 e. The molecule has 0 saturated carbocycles. The molecule has 0 spiro atoms. The Morgan fingerprint density at radius 1 is 1.50 bits per heavy atom. The van der Waals surface area contributed by atoms with Gasteiger partial charge in [-0.1, -0.05) is 5.92 Å². The zero-order valence-electron chi connectivity index (χ0n) is 7.99. The highest BCUT2D eigenvalue weighted by Crippen LogP contribution is 2.08. The number of piperidine rings is 1. The fraction of sp³-hybridized carbons (Fsp3) is 0.600. The van der Waals surface area contributed by atoms with Crippen molar-refractivity contribution in [2.24, 2.45) is 0 Å². The van der Waals surface area contributed by atoms with Crippen LogP contribution in [0.5, 0.6) is 0 Å². The van der Waals surface area contributed by atoms with Crippen LogP contribution in [-0.4, -0.2) is 41.2 Å². The van der Waals surface area contributed by atoms with E-state index in [-0.39, 0.29) is 18.1 Å². The second-order valence-electron chi connectivity index (χ2n) is 3.10. The molecule has 0 atom stereocenters. The Labute approximate surface area is 88.2 Å². The summed E-state index contributed by atoms with van der Waals surface area (Å²) in [6.45, 7) is 1.28. The fourth-order valence-electron chi connectivity index (χ4n) is 1.30. The predicted octanol–water partition coefficient (Wildman–Crippen LogP) is 0.544. The minimum absolute atomic E-state index is 0.0393. The quantitative estimate of drug-likeness (QED) is 0.387. The van der Waals surface area contributed by atoms with Gasteiger partial charge in [0.2, 0.25) is 5.91 Å². The molecule has 76 valence electrons. The maximum absolute atomic E-state index is 11.3. The second-order valence-corrected chi connectivity index (χ2v) is 4.21. The maximum atomic E-state index is 11.3. The van der Waals surface area contributed by atoms with Gasteiger partial charge in [-0.15, -0.1) is 18.2 Å². The summed E-state index contributed by atoms with van der Waals surface area (Å²) in [6, 6.07) is 0. The Morgan fingerprint density at radius 3 is 2.93 bits per heavy atom. The van der Waals surface area contributed by atoms with Crippen LogP contribution in [0.2, 0.25) is 0 Å². The van der Waals surface area contributed by atoms with Gasteiger partial charge in [0.25, 0.3) is 0 Å². The van der Waals surface area contributed by atoms with E-state index in [2.05, 4.69) is 5.92 Å². The van der Waals surface area contributed by atoms with Gasteiger partial charge < -0.3 is 4.90 Å². The normalized spacial score (nSPS) is 16.9. The fourth-order valence-corrected chi connectivity index (χ4v) is 1.91. The van der Waals surface area contributed by atoms with Crippen LogP contribution in [0.4, 0.5) is 0 Å². The van der Waals surface area contributed by atoms with Gasteiger partial charge in [-0.25, -0.2) is 0 Å². The summed E-state index contributed by atoms with van der Waals surface area (Å²) in [5.41, 5.74) is 0. The van der Waals surface area contributed by atoms with Crippen LogP contribution >= 0.6 is 11.8 Å². The minimum atomic E-state index is -0.0393. The van der Waals surface area contributed by atoms with Crippen LogP contribution in [0.1, 0.15) is 12.8 Å². The van der Waals surface area contributed by atoms with E-state index in [1.165, 1.54) is 0 Å². The Kier molecular flexibility index (Phi) is 4.54. The van der Waals surface area contributed by atoms with E-state index in [1.54, 1.807) is 16.7 Å². The van der Waals surface area contributed by atoms with Gasteiger partial charge in [0, 0.05) is 25.3 Å². The number of amides is 1. The molecule has 14 heavy (non-hydrogen) atoms. The van der Waals surface area contributed by atoms with Crippen molar-refractivity contribution in [2.75, 3.05) is 24.6 Å². The monoisotopic (exact) mass is 211 g/mol. The van der Waals surface area contributed by atoms with Crippen LogP contribution < -0.4 is 0 Å². The van der Waals surface area contributed by atoms with Crippen molar-refractivity contribution < 1.29 is 9.59 Å². The summed E-state index contributed by atoms with van der Waals surface area (Å²) in [6.07, 6.45) is 5.69. The number of hydrogen-bond acceptors (Lipinski definition) is 3. The lowest BCUT2D eigenvalue weighted by Gasteiger charge is -2.25. The highest BCUT2D eigenvalue weighted by atomic mass is 32.2. The predicted molar refractivity (Wildman–Crippen MR) is 57.0 cm³/mol. The third kappa shape index (κ3) is 3.43. The first kappa shape index (κ1) is 11.1. The molecule has 0 bridgehead atoms. The molecular weight excluding hydrogens is 198 g/mol. The second kappa shape index (κ2) is 5.71. The number of terminal acetylenes is 1. The number of ketones is 1. The molecule has 1 fully saturated rings. The van der Waals surface area contributed by atoms with Crippen molar-refractivity contribution in [1.29, 1.82) is 0 Å². The molecule has 1 aliphatic heterocycles. The summed E-state index contributed by atoms with van der Waals surface area (Å²) in [5, 5.41) is 0. The highest BCUT2D eigenvalue weighted by Gasteiger charge is 2.22. The van der Waals surface area contributed by atoms with Crippen LogP contribution in [0.15, 0.2) is 0 Å². The lowest BCUT2D eigenvalue weighted by Crippen LogP contribution is -2.40. The van der Waals surface area contributed by atoms with E-state index >= 15 is 0 Å².